The fourth-order valence-corrected chi connectivity index (χ4v) is 1.72. The van der Waals surface area contributed by atoms with Crippen LogP contribution in [-0.2, 0) is 4.79 Å². The van der Waals surface area contributed by atoms with Crippen molar-refractivity contribution in [2.45, 2.75) is 19.1 Å². The topological polar surface area (TPSA) is 129 Å². The second-order valence-corrected chi connectivity index (χ2v) is 4.41. The van der Waals surface area contributed by atoms with Gasteiger partial charge < -0.3 is 20.3 Å². The molecule has 1 aromatic heterocycles. The average molecular weight is 261 g/mol. The number of aromatic amines is 1. The summed E-state index contributed by atoms with van der Waals surface area (Å²) in [4.78, 5) is 26.3. The SMILES string of the molecule is CC(=O)SCC(O)C(O)c1nc[nH]c1[N+](=O)[O-]. The monoisotopic (exact) mass is 261 g/mol. The molecule has 0 bridgehead atoms. The molecule has 0 aliphatic carbocycles. The molecule has 0 amide bonds. The van der Waals surface area contributed by atoms with Crippen LogP contribution in [0.5, 0.6) is 0 Å². The Morgan fingerprint density at radius 1 is 1.71 bits per heavy atom. The third kappa shape index (κ3) is 3.51. The van der Waals surface area contributed by atoms with Crippen LogP contribution in [0.2, 0.25) is 0 Å². The highest BCUT2D eigenvalue weighted by Crippen LogP contribution is 2.24. The van der Waals surface area contributed by atoms with Crippen LogP contribution < -0.4 is 0 Å². The Balaban J connectivity index is 2.74. The highest BCUT2D eigenvalue weighted by molar-refractivity contribution is 8.13. The smallest absolute Gasteiger partial charge is 0.346 e. The lowest BCUT2D eigenvalue weighted by atomic mass is 10.1. The Labute approximate surface area is 100 Å². The first-order chi connectivity index (χ1) is 7.93. The Morgan fingerprint density at radius 3 is 2.88 bits per heavy atom. The molecule has 1 rings (SSSR count). The number of imidazole rings is 1. The zero-order chi connectivity index (χ0) is 13.0. The van der Waals surface area contributed by atoms with E-state index in [0.29, 0.717) is 0 Å². The number of aromatic nitrogens is 2. The first kappa shape index (κ1) is 13.6. The molecule has 2 unspecified atom stereocenters. The van der Waals surface area contributed by atoms with E-state index < -0.39 is 22.9 Å². The van der Waals surface area contributed by atoms with Crippen LogP contribution in [0.25, 0.3) is 0 Å². The van der Waals surface area contributed by atoms with Crippen molar-refractivity contribution in [1.29, 1.82) is 0 Å². The summed E-state index contributed by atoms with van der Waals surface area (Å²) in [5, 5.41) is 29.5. The normalized spacial score (nSPS) is 14.3. The standard InChI is InChI=1S/C8H11N3O5S/c1-4(12)17-2-5(13)7(14)6-8(11(15)16)10-3-9-6/h3,5,7,13-14H,2H2,1H3,(H,9,10). The van der Waals surface area contributed by atoms with E-state index in [-0.39, 0.29) is 16.6 Å². The van der Waals surface area contributed by atoms with Crippen LogP contribution >= 0.6 is 11.8 Å². The number of nitro groups is 1. The summed E-state index contributed by atoms with van der Waals surface area (Å²) in [6, 6.07) is 0. The van der Waals surface area contributed by atoms with Gasteiger partial charge in [0.15, 0.2) is 17.1 Å². The van der Waals surface area contributed by atoms with E-state index in [1.165, 1.54) is 6.92 Å². The third-order valence-corrected chi connectivity index (χ3v) is 2.85. The molecule has 0 aliphatic rings. The number of thioether (sulfide) groups is 1. The van der Waals surface area contributed by atoms with Gasteiger partial charge in [-0.1, -0.05) is 11.8 Å². The van der Waals surface area contributed by atoms with Gasteiger partial charge in [0.25, 0.3) is 0 Å². The van der Waals surface area contributed by atoms with Crippen LogP contribution in [0.15, 0.2) is 6.33 Å². The first-order valence-corrected chi connectivity index (χ1v) is 5.59. The molecular weight excluding hydrogens is 250 g/mol. The number of H-pyrrole nitrogens is 1. The van der Waals surface area contributed by atoms with Crippen molar-refractivity contribution in [1.82, 2.24) is 9.97 Å². The average Bonchev–Trinajstić information content (AvgIpc) is 2.73. The summed E-state index contributed by atoms with van der Waals surface area (Å²) >= 11 is 0.822. The van der Waals surface area contributed by atoms with E-state index in [4.69, 9.17) is 0 Å². The molecular formula is C8H11N3O5S. The van der Waals surface area contributed by atoms with Crippen LogP contribution in [0.3, 0.4) is 0 Å². The van der Waals surface area contributed by atoms with E-state index >= 15 is 0 Å². The van der Waals surface area contributed by atoms with E-state index in [2.05, 4.69) is 9.97 Å². The molecule has 0 fully saturated rings. The number of carbonyl (C=O) groups excluding carboxylic acids is 1. The molecule has 3 N–H and O–H groups in total. The van der Waals surface area contributed by atoms with Crippen LogP contribution in [0.4, 0.5) is 5.82 Å². The van der Waals surface area contributed by atoms with Gasteiger partial charge in [-0.15, -0.1) is 0 Å². The summed E-state index contributed by atoms with van der Waals surface area (Å²) in [6.07, 6.45) is -1.75. The van der Waals surface area contributed by atoms with Gasteiger partial charge >= 0.3 is 5.82 Å². The molecule has 0 saturated carbocycles. The maximum absolute atomic E-state index is 10.7. The summed E-state index contributed by atoms with van der Waals surface area (Å²) in [5.74, 6) is -0.523. The van der Waals surface area contributed by atoms with Gasteiger partial charge in [0.2, 0.25) is 0 Å². The van der Waals surface area contributed by atoms with Gasteiger partial charge in [0.05, 0.1) is 6.10 Å². The predicted octanol–water partition coefficient (Wildman–Crippen LogP) is -0.00810. The molecule has 0 saturated heterocycles. The van der Waals surface area contributed by atoms with Gasteiger partial charge in [-0.3, -0.25) is 4.79 Å². The van der Waals surface area contributed by atoms with Gasteiger partial charge in [0, 0.05) is 12.7 Å². The molecule has 8 nitrogen and oxygen atoms in total. The van der Waals surface area contributed by atoms with Gasteiger partial charge in [-0.05, 0) is 4.92 Å². The lowest BCUT2D eigenvalue weighted by molar-refractivity contribution is -0.390. The van der Waals surface area contributed by atoms with Crippen molar-refractivity contribution in [2.24, 2.45) is 0 Å². The van der Waals surface area contributed by atoms with Gasteiger partial charge in [-0.2, -0.15) is 0 Å². The molecule has 17 heavy (non-hydrogen) atoms. The van der Waals surface area contributed by atoms with E-state index in [1.54, 1.807) is 0 Å². The minimum Gasteiger partial charge on any atom is -0.389 e. The van der Waals surface area contributed by atoms with Crippen molar-refractivity contribution in [3.8, 4) is 0 Å². The van der Waals surface area contributed by atoms with Crippen LogP contribution in [-0.4, -0.2) is 42.1 Å². The van der Waals surface area contributed by atoms with E-state index in [9.17, 15) is 25.1 Å². The van der Waals surface area contributed by atoms with Gasteiger partial charge in [0.1, 0.15) is 6.10 Å². The lowest BCUT2D eigenvalue weighted by Crippen LogP contribution is -2.22. The fraction of sp³-hybridized carbons (Fsp3) is 0.500. The molecule has 0 radical (unpaired) electrons. The third-order valence-electron chi connectivity index (χ3n) is 1.93. The Kier molecular flexibility index (Phi) is 4.61. The molecule has 1 heterocycles. The lowest BCUT2D eigenvalue weighted by Gasteiger charge is -2.14. The summed E-state index contributed by atoms with van der Waals surface area (Å²) < 4.78 is 0. The van der Waals surface area contributed by atoms with Crippen molar-refractivity contribution >= 4 is 22.7 Å². The minimum atomic E-state index is -1.51. The van der Waals surface area contributed by atoms with Crippen molar-refractivity contribution < 1.29 is 19.9 Å². The zero-order valence-corrected chi connectivity index (χ0v) is 9.68. The van der Waals surface area contributed by atoms with Crippen LogP contribution in [0.1, 0.15) is 18.7 Å². The maximum atomic E-state index is 10.7. The van der Waals surface area contributed by atoms with Crippen molar-refractivity contribution in [3.05, 3.63) is 22.1 Å². The molecule has 0 aliphatic heterocycles. The number of hydrogen-bond donors (Lipinski definition) is 3. The minimum absolute atomic E-state index is 0.0550. The number of aliphatic hydroxyl groups excluding tert-OH is 2. The van der Waals surface area contributed by atoms with Crippen molar-refractivity contribution in [3.63, 3.8) is 0 Å². The molecule has 2 atom stereocenters. The molecule has 0 aromatic carbocycles. The fourth-order valence-electron chi connectivity index (χ4n) is 1.14. The maximum Gasteiger partial charge on any atom is 0.346 e. The number of rotatable bonds is 5. The second-order valence-electron chi connectivity index (χ2n) is 3.21. The van der Waals surface area contributed by atoms with Crippen molar-refractivity contribution in [2.75, 3.05) is 5.75 Å². The Hall–Kier alpha value is -1.45. The van der Waals surface area contributed by atoms with E-state index in [0.717, 1.165) is 18.1 Å². The summed E-state index contributed by atoms with van der Waals surface area (Å²) in [6.45, 7) is 1.32. The second kappa shape index (κ2) is 5.75. The summed E-state index contributed by atoms with van der Waals surface area (Å²) in [5.41, 5.74) is -0.244. The number of carbonyl (C=O) groups is 1. The van der Waals surface area contributed by atoms with Gasteiger partial charge in [-0.25, -0.2) is 9.97 Å². The largest absolute Gasteiger partial charge is 0.389 e. The predicted molar refractivity (Wildman–Crippen MR) is 59.3 cm³/mol. The number of nitrogens with one attached hydrogen (secondary N) is 1. The number of aliphatic hydroxyl groups is 2. The van der Waals surface area contributed by atoms with Crippen LogP contribution in [0, 0.1) is 10.1 Å². The molecule has 9 heteroatoms. The molecule has 94 valence electrons. The summed E-state index contributed by atoms with van der Waals surface area (Å²) in [7, 11) is 0. The Bertz CT molecular complexity index is 421. The first-order valence-electron chi connectivity index (χ1n) is 4.60. The number of hydrogen-bond acceptors (Lipinski definition) is 7. The molecule has 1 aromatic rings. The Morgan fingerprint density at radius 2 is 2.35 bits per heavy atom. The zero-order valence-electron chi connectivity index (χ0n) is 8.86. The van der Waals surface area contributed by atoms with E-state index in [1.807, 2.05) is 0 Å². The highest BCUT2D eigenvalue weighted by atomic mass is 32.2. The number of nitrogens with zero attached hydrogens (tertiary/aromatic N) is 2. The molecule has 0 spiro atoms. The highest BCUT2D eigenvalue weighted by Gasteiger charge is 2.28. The quantitative estimate of drug-likeness (QED) is 0.502.